The van der Waals surface area contributed by atoms with Crippen LogP contribution in [0.3, 0.4) is 0 Å². The lowest BCUT2D eigenvalue weighted by molar-refractivity contribution is -0.128. The number of hydrogen-bond acceptors (Lipinski definition) is 6. The minimum atomic E-state index is 0.162. The third kappa shape index (κ3) is 4.92. The van der Waals surface area contributed by atoms with Crippen molar-refractivity contribution in [2.45, 2.75) is 31.8 Å². The molecule has 0 radical (unpaired) electrons. The van der Waals surface area contributed by atoms with Gasteiger partial charge in [0.1, 0.15) is 0 Å². The second-order valence-electron chi connectivity index (χ2n) is 9.14. The van der Waals surface area contributed by atoms with Crippen LogP contribution in [0.25, 0.3) is 5.69 Å². The molecule has 2 saturated heterocycles. The number of piperazine rings is 1. The average Bonchev–Trinajstić information content (AvgIpc) is 3.53. The summed E-state index contributed by atoms with van der Waals surface area (Å²) in [7, 11) is 0. The minimum absolute atomic E-state index is 0.162. The largest absolute Gasteiger partial charge is 0.368 e. The quantitative estimate of drug-likeness (QED) is 0.503. The summed E-state index contributed by atoms with van der Waals surface area (Å²) in [4.78, 5) is 19.7. The molecule has 0 atom stereocenters. The molecule has 2 aromatic carbocycles. The van der Waals surface area contributed by atoms with Crippen molar-refractivity contribution in [1.29, 1.82) is 0 Å². The number of aromatic nitrogens is 3. The Kier molecular flexibility index (Phi) is 6.76. The van der Waals surface area contributed by atoms with E-state index in [0.717, 1.165) is 56.1 Å². The molecule has 2 aliphatic heterocycles. The van der Waals surface area contributed by atoms with Gasteiger partial charge in [0.2, 0.25) is 11.9 Å². The highest BCUT2D eigenvalue weighted by molar-refractivity contribution is 7.99. The Bertz CT molecular complexity index is 1130. The van der Waals surface area contributed by atoms with Gasteiger partial charge in [-0.15, -0.1) is 10.2 Å². The Hall–Kier alpha value is -3.00. The van der Waals surface area contributed by atoms with Gasteiger partial charge in [0.25, 0.3) is 0 Å². The molecular weight excluding hydrogens is 444 g/mol. The van der Waals surface area contributed by atoms with Crippen molar-refractivity contribution in [2.24, 2.45) is 0 Å². The molecule has 0 N–H and O–H groups in total. The summed E-state index contributed by atoms with van der Waals surface area (Å²) in [6.45, 7) is 9.41. The van der Waals surface area contributed by atoms with E-state index in [1.54, 1.807) is 0 Å². The van der Waals surface area contributed by atoms with Crippen LogP contribution in [0.2, 0.25) is 0 Å². The fourth-order valence-corrected chi connectivity index (χ4v) is 5.50. The van der Waals surface area contributed by atoms with Crippen LogP contribution in [0.15, 0.2) is 53.7 Å². The molecule has 178 valence electrons. The third-order valence-corrected chi connectivity index (χ3v) is 7.53. The van der Waals surface area contributed by atoms with Crippen LogP contribution >= 0.6 is 11.8 Å². The van der Waals surface area contributed by atoms with Crippen LogP contribution in [0, 0.1) is 13.8 Å². The first kappa shape index (κ1) is 22.8. The lowest BCUT2D eigenvalue weighted by Crippen LogP contribution is -2.49. The second-order valence-corrected chi connectivity index (χ2v) is 10.1. The number of nitrogens with zero attached hydrogens (tertiary/aromatic N) is 6. The molecule has 1 aromatic heterocycles. The molecule has 2 aliphatic rings. The highest BCUT2D eigenvalue weighted by atomic mass is 32.2. The van der Waals surface area contributed by atoms with Gasteiger partial charge >= 0.3 is 0 Å². The maximum atomic E-state index is 13.0. The number of hydrogen-bond donors (Lipinski definition) is 0. The van der Waals surface area contributed by atoms with E-state index >= 15 is 0 Å². The summed E-state index contributed by atoms with van der Waals surface area (Å²) in [5.74, 6) is 1.41. The lowest BCUT2D eigenvalue weighted by Gasteiger charge is -2.36. The first-order valence-electron chi connectivity index (χ1n) is 12.1. The molecule has 0 unspecified atom stereocenters. The summed E-state index contributed by atoms with van der Waals surface area (Å²) in [6.07, 6.45) is 2.35. The fraction of sp³-hybridized carbons (Fsp3) is 0.423. The predicted molar refractivity (Wildman–Crippen MR) is 138 cm³/mol. The van der Waals surface area contributed by atoms with E-state index < -0.39 is 0 Å². The van der Waals surface area contributed by atoms with E-state index in [4.69, 9.17) is 0 Å². The van der Waals surface area contributed by atoms with Gasteiger partial charge in [0.05, 0.1) is 11.4 Å². The van der Waals surface area contributed by atoms with Crippen molar-refractivity contribution in [3.8, 4) is 5.69 Å². The van der Waals surface area contributed by atoms with Gasteiger partial charge in [-0.25, -0.2) is 0 Å². The molecule has 8 heteroatoms. The Balaban J connectivity index is 1.25. The van der Waals surface area contributed by atoms with Crippen LogP contribution < -0.4 is 9.80 Å². The molecule has 2 fully saturated rings. The zero-order chi connectivity index (χ0) is 23.5. The van der Waals surface area contributed by atoms with Crippen molar-refractivity contribution in [3.05, 3.63) is 59.7 Å². The average molecular weight is 477 g/mol. The first-order chi connectivity index (χ1) is 16.6. The smallest absolute Gasteiger partial charge is 0.233 e. The molecular formula is C26H32N6OS. The van der Waals surface area contributed by atoms with Gasteiger partial charge in [0.15, 0.2) is 5.16 Å². The number of aryl methyl sites for hydroxylation is 2. The van der Waals surface area contributed by atoms with Crippen LogP contribution in [0.1, 0.15) is 24.0 Å². The van der Waals surface area contributed by atoms with Crippen molar-refractivity contribution >= 4 is 29.3 Å². The molecule has 3 aromatic rings. The molecule has 0 bridgehead atoms. The van der Waals surface area contributed by atoms with Crippen molar-refractivity contribution < 1.29 is 4.79 Å². The summed E-state index contributed by atoms with van der Waals surface area (Å²) in [5, 5.41) is 9.79. The number of rotatable bonds is 6. The molecule has 5 rings (SSSR count). The van der Waals surface area contributed by atoms with Gasteiger partial charge in [-0.2, -0.15) is 0 Å². The van der Waals surface area contributed by atoms with Gasteiger partial charge < -0.3 is 14.7 Å². The van der Waals surface area contributed by atoms with Gasteiger partial charge in [-0.1, -0.05) is 41.6 Å². The number of anilines is 2. The fourth-order valence-electron chi connectivity index (χ4n) is 4.65. The van der Waals surface area contributed by atoms with Crippen molar-refractivity contribution in [1.82, 2.24) is 19.7 Å². The van der Waals surface area contributed by atoms with Crippen LogP contribution in [0.5, 0.6) is 0 Å². The van der Waals surface area contributed by atoms with Crippen LogP contribution in [-0.4, -0.2) is 70.6 Å². The molecule has 3 heterocycles. The van der Waals surface area contributed by atoms with Crippen LogP contribution in [-0.2, 0) is 4.79 Å². The maximum Gasteiger partial charge on any atom is 0.233 e. The number of carbonyl (C=O) groups is 1. The zero-order valence-electron chi connectivity index (χ0n) is 20.0. The summed E-state index contributed by atoms with van der Waals surface area (Å²) < 4.78 is 2.11. The number of carbonyl (C=O) groups excluding carboxylic acids is 1. The summed E-state index contributed by atoms with van der Waals surface area (Å²) in [5.41, 5.74) is 4.76. The molecule has 1 amide bonds. The van der Waals surface area contributed by atoms with Gasteiger partial charge in [0, 0.05) is 45.0 Å². The van der Waals surface area contributed by atoms with E-state index in [2.05, 4.69) is 86.9 Å². The Morgan fingerprint density at radius 3 is 2.26 bits per heavy atom. The Morgan fingerprint density at radius 1 is 0.824 bits per heavy atom. The summed E-state index contributed by atoms with van der Waals surface area (Å²) >= 11 is 1.48. The topological polar surface area (TPSA) is 57.5 Å². The Morgan fingerprint density at radius 2 is 1.56 bits per heavy atom. The zero-order valence-corrected chi connectivity index (χ0v) is 20.8. The normalized spacial score (nSPS) is 16.4. The van der Waals surface area contributed by atoms with E-state index in [-0.39, 0.29) is 5.91 Å². The highest BCUT2D eigenvalue weighted by Crippen LogP contribution is 2.29. The third-order valence-electron chi connectivity index (χ3n) is 6.62. The SMILES string of the molecule is Cc1ccc(-n2c(SCC(=O)N3CCN(c4cccc(C)c4)CC3)nnc2N2CCCC2)cc1. The number of amides is 1. The molecule has 34 heavy (non-hydrogen) atoms. The molecule has 0 spiro atoms. The van der Waals surface area contributed by atoms with Crippen LogP contribution in [0.4, 0.5) is 11.6 Å². The number of thioether (sulfide) groups is 1. The van der Waals surface area contributed by atoms with E-state index in [1.807, 2.05) is 4.90 Å². The standard InChI is InChI=1S/C26H32N6OS/c1-20-8-10-22(11-9-20)32-25(31-12-3-4-13-31)27-28-26(32)34-19-24(33)30-16-14-29(15-17-30)23-7-5-6-21(2)18-23/h5-11,18H,3-4,12-17,19H2,1-2H3. The monoisotopic (exact) mass is 476 g/mol. The number of benzene rings is 2. The first-order valence-corrected chi connectivity index (χ1v) is 13.1. The second kappa shape index (κ2) is 10.1. The highest BCUT2D eigenvalue weighted by Gasteiger charge is 2.25. The van der Waals surface area contributed by atoms with E-state index in [9.17, 15) is 4.79 Å². The molecule has 0 saturated carbocycles. The van der Waals surface area contributed by atoms with Crippen molar-refractivity contribution in [3.63, 3.8) is 0 Å². The maximum absolute atomic E-state index is 13.0. The molecule has 0 aliphatic carbocycles. The predicted octanol–water partition coefficient (Wildman–Crippen LogP) is 3.93. The van der Waals surface area contributed by atoms with E-state index in [1.165, 1.54) is 41.4 Å². The van der Waals surface area contributed by atoms with Crippen molar-refractivity contribution in [2.75, 3.05) is 54.8 Å². The Labute approximate surface area is 205 Å². The lowest BCUT2D eigenvalue weighted by atomic mass is 10.2. The van der Waals surface area contributed by atoms with Gasteiger partial charge in [-0.05, 0) is 56.5 Å². The van der Waals surface area contributed by atoms with E-state index in [0.29, 0.717) is 5.75 Å². The minimum Gasteiger partial charge on any atom is -0.368 e. The summed E-state index contributed by atoms with van der Waals surface area (Å²) in [6, 6.07) is 17.0. The van der Waals surface area contributed by atoms with Gasteiger partial charge in [-0.3, -0.25) is 9.36 Å². The molecule has 7 nitrogen and oxygen atoms in total.